The Kier molecular flexibility index (Phi) is 2.88. The lowest BCUT2D eigenvalue weighted by Gasteiger charge is -2.64. The summed E-state index contributed by atoms with van der Waals surface area (Å²) in [6, 6.07) is 0. The summed E-state index contributed by atoms with van der Waals surface area (Å²) in [5.74, 6) is 6.50. The predicted molar refractivity (Wildman–Crippen MR) is 83.9 cm³/mol. The quantitative estimate of drug-likeness (QED) is 0.532. The Balaban J connectivity index is 1.57. The van der Waals surface area contributed by atoms with Crippen LogP contribution in [0.25, 0.3) is 0 Å². The van der Waals surface area contributed by atoms with E-state index in [1.54, 1.807) is 51.4 Å². The van der Waals surface area contributed by atoms with Gasteiger partial charge in [0.1, 0.15) is 6.71 Å². The lowest BCUT2D eigenvalue weighted by molar-refractivity contribution is -0.0998. The molecule has 4 atom stereocenters. The molecule has 5 aliphatic rings. The van der Waals surface area contributed by atoms with E-state index in [4.69, 9.17) is 0 Å². The summed E-state index contributed by atoms with van der Waals surface area (Å²) in [5, 5.41) is 0. The second-order valence-corrected chi connectivity index (χ2v) is 9.08. The van der Waals surface area contributed by atoms with Crippen molar-refractivity contribution in [3.63, 3.8) is 0 Å². The molecule has 19 heavy (non-hydrogen) atoms. The van der Waals surface area contributed by atoms with Crippen LogP contribution in [0.1, 0.15) is 72.1 Å². The van der Waals surface area contributed by atoms with Crippen LogP contribution in [0.5, 0.6) is 0 Å². The largest absolute Gasteiger partial charge is 0.149 e. The van der Waals surface area contributed by atoms with Gasteiger partial charge in [0.05, 0.1) is 0 Å². The molecule has 2 heterocycles. The summed E-state index contributed by atoms with van der Waals surface area (Å²) < 4.78 is 0. The molecule has 0 N–H and O–H groups in total. The number of fused-ring (bicyclic) bond motifs is 5. The maximum Gasteiger partial charge on any atom is 0.149 e. The summed E-state index contributed by atoms with van der Waals surface area (Å²) in [4.78, 5) is 0. The summed E-state index contributed by atoms with van der Waals surface area (Å²) in [5.41, 5.74) is 0.680. The molecule has 0 aromatic rings. The van der Waals surface area contributed by atoms with Crippen LogP contribution in [0.15, 0.2) is 0 Å². The van der Waals surface area contributed by atoms with E-state index >= 15 is 0 Å². The topological polar surface area (TPSA) is 0 Å². The number of hydrogen-bond donors (Lipinski definition) is 0. The molecule has 2 aliphatic heterocycles. The lowest BCUT2D eigenvalue weighted by Crippen LogP contribution is -2.57. The molecule has 0 unspecified atom stereocenters. The van der Waals surface area contributed by atoms with Crippen LogP contribution in [0.4, 0.5) is 0 Å². The molecule has 0 aromatic heterocycles. The fourth-order valence-corrected chi connectivity index (χ4v) is 7.12. The highest BCUT2D eigenvalue weighted by atomic mass is 14.6. The molecule has 0 aromatic carbocycles. The van der Waals surface area contributed by atoms with Crippen LogP contribution >= 0.6 is 0 Å². The Labute approximate surface area is 120 Å². The summed E-state index contributed by atoms with van der Waals surface area (Å²) in [6.07, 6.45) is 12.5. The molecule has 0 spiro atoms. The van der Waals surface area contributed by atoms with Gasteiger partial charge >= 0.3 is 0 Å². The standard InChI is InChI=1S/C18H31B/c1-12-16-10-13(18(16,2)3)11-17(12)19-14-6-4-7-15(19)9-5-8-14/h12-17H,4-11H2,1-3H3/t12-,13+,14?,15?,16-,17-/m1/s1. The van der Waals surface area contributed by atoms with Crippen molar-refractivity contribution in [2.45, 2.75) is 89.6 Å². The van der Waals surface area contributed by atoms with E-state index < -0.39 is 0 Å². The van der Waals surface area contributed by atoms with E-state index in [1.165, 1.54) is 0 Å². The van der Waals surface area contributed by atoms with Gasteiger partial charge in [-0.3, -0.25) is 0 Å². The van der Waals surface area contributed by atoms with Gasteiger partial charge in [0.25, 0.3) is 0 Å². The Morgan fingerprint density at radius 3 is 1.95 bits per heavy atom. The Hall–Kier alpha value is 0.0649. The van der Waals surface area contributed by atoms with Crippen LogP contribution in [-0.4, -0.2) is 6.71 Å². The maximum atomic E-state index is 2.62. The Morgan fingerprint density at radius 2 is 1.47 bits per heavy atom. The molecule has 0 radical (unpaired) electrons. The molecular formula is C18H31B. The minimum atomic E-state index is 0.680. The van der Waals surface area contributed by atoms with Gasteiger partial charge < -0.3 is 0 Å². The summed E-state index contributed by atoms with van der Waals surface area (Å²) in [7, 11) is 0. The zero-order valence-corrected chi connectivity index (χ0v) is 13.2. The molecule has 4 bridgehead atoms. The van der Waals surface area contributed by atoms with Crippen LogP contribution in [0.2, 0.25) is 17.5 Å². The van der Waals surface area contributed by atoms with Gasteiger partial charge in [0.2, 0.25) is 0 Å². The third kappa shape index (κ3) is 1.72. The van der Waals surface area contributed by atoms with Crippen LogP contribution in [0.3, 0.4) is 0 Å². The molecule has 106 valence electrons. The van der Waals surface area contributed by atoms with Gasteiger partial charge in [-0.05, 0) is 29.6 Å². The van der Waals surface area contributed by atoms with Gasteiger partial charge in [0.15, 0.2) is 0 Å². The Morgan fingerprint density at radius 1 is 0.895 bits per heavy atom. The molecule has 0 amide bonds. The van der Waals surface area contributed by atoms with E-state index in [0.29, 0.717) is 5.41 Å². The monoisotopic (exact) mass is 258 g/mol. The van der Waals surface area contributed by atoms with Gasteiger partial charge in [0, 0.05) is 0 Å². The van der Waals surface area contributed by atoms with Crippen molar-refractivity contribution in [2.75, 3.05) is 0 Å². The fourth-order valence-electron chi connectivity index (χ4n) is 7.12. The zero-order valence-electron chi connectivity index (χ0n) is 13.2. The second kappa shape index (κ2) is 4.28. The summed E-state index contributed by atoms with van der Waals surface area (Å²) in [6.45, 7) is 8.87. The van der Waals surface area contributed by atoms with Crippen molar-refractivity contribution >= 4 is 6.71 Å². The van der Waals surface area contributed by atoms with E-state index in [1.807, 2.05) is 0 Å². The van der Waals surface area contributed by atoms with Crippen molar-refractivity contribution in [3.8, 4) is 0 Å². The first-order valence-corrected chi connectivity index (χ1v) is 9.09. The van der Waals surface area contributed by atoms with E-state index in [-0.39, 0.29) is 0 Å². The molecule has 5 fully saturated rings. The average molecular weight is 258 g/mol. The molecule has 5 rings (SSSR count). The molecule has 0 nitrogen and oxygen atoms in total. The van der Waals surface area contributed by atoms with Crippen LogP contribution < -0.4 is 0 Å². The first-order valence-electron chi connectivity index (χ1n) is 9.09. The van der Waals surface area contributed by atoms with Gasteiger partial charge in [-0.2, -0.15) is 0 Å². The van der Waals surface area contributed by atoms with E-state index in [2.05, 4.69) is 20.8 Å². The van der Waals surface area contributed by atoms with Gasteiger partial charge in [-0.15, -0.1) is 0 Å². The first kappa shape index (κ1) is 12.8. The lowest BCUT2D eigenvalue weighted by atomic mass is 9.18. The fraction of sp³-hybridized carbons (Fsp3) is 1.00. The van der Waals surface area contributed by atoms with Crippen LogP contribution in [0, 0.1) is 23.2 Å². The number of rotatable bonds is 1. The highest BCUT2D eigenvalue weighted by Gasteiger charge is 2.59. The second-order valence-electron chi connectivity index (χ2n) is 9.08. The van der Waals surface area contributed by atoms with Crippen molar-refractivity contribution in [2.24, 2.45) is 23.2 Å². The highest BCUT2D eigenvalue weighted by molar-refractivity contribution is 6.64. The normalized spacial score (nSPS) is 51.6. The maximum absolute atomic E-state index is 2.62. The van der Waals surface area contributed by atoms with Crippen molar-refractivity contribution in [3.05, 3.63) is 0 Å². The van der Waals surface area contributed by atoms with Crippen molar-refractivity contribution in [1.82, 2.24) is 0 Å². The minimum absolute atomic E-state index is 0.680. The van der Waals surface area contributed by atoms with Gasteiger partial charge in [-0.1, -0.05) is 83.2 Å². The molecule has 3 aliphatic carbocycles. The average Bonchev–Trinajstić information content (AvgIpc) is 2.37. The number of hydrogen-bond acceptors (Lipinski definition) is 0. The third-order valence-corrected chi connectivity index (χ3v) is 8.30. The zero-order chi connectivity index (χ0) is 13.2. The molecule has 2 saturated heterocycles. The molecular weight excluding hydrogens is 227 g/mol. The van der Waals surface area contributed by atoms with Crippen molar-refractivity contribution in [1.29, 1.82) is 0 Å². The van der Waals surface area contributed by atoms with E-state index in [0.717, 1.165) is 41.9 Å². The highest BCUT2D eigenvalue weighted by Crippen LogP contribution is 2.67. The smallest absolute Gasteiger partial charge is 0.0626 e. The Bertz CT molecular complexity index is 339. The molecule has 1 heteroatoms. The third-order valence-electron chi connectivity index (χ3n) is 8.30. The molecule has 3 saturated carbocycles. The SMILES string of the molecule is C[C@@H]1[C@H]2C[C@@H](C[C@H]1B1C3CCCC1CCC3)C2(C)C. The summed E-state index contributed by atoms with van der Waals surface area (Å²) >= 11 is 0. The first-order chi connectivity index (χ1) is 9.09. The van der Waals surface area contributed by atoms with Gasteiger partial charge in [-0.25, -0.2) is 0 Å². The van der Waals surface area contributed by atoms with Crippen LogP contribution in [-0.2, 0) is 0 Å². The minimum Gasteiger partial charge on any atom is -0.0626 e. The van der Waals surface area contributed by atoms with Crippen molar-refractivity contribution < 1.29 is 0 Å². The van der Waals surface area contributed by atoms with E-state index in [9.17, 15) is 0 Å². The predicted octanol–water partition coefficient (Wildman–Crippen LogP) is 5.66.